The van der Waals surface area contributed by atoms with Crippen LogP contribution in [0.5, 0.6) is 0 Å². The Bertz CT molecular complexity index is 462. The number of rotatable bonds is 1. The molecule has 0 fully saturated rings. The maximum Gasteiger partial charge on any atom is 0.160 e. The molecule has 0 amide bonds. The Labute approximate surface area is 95.3 Å². The van der Waals surface area contributed by atoms with Crippen LogP contribution in [0.3, 0.4) is 0 Å². The van der Waals surface area contributed by atoms with Crippen molar-refractivity contribution in [3.8, 4) is 11.4 Å². The minimum absolute atomic E-state index is 0.259. The number of benzene rings is 1. The highest BCUT2D eigenvalue weighted by molar-refractivity contribution is 9.10. The molecule has 0 saturated heterocycles. The Kier molecular flexibility index (Phi) is 2.77. The van der Waals surface area contributed by atoms with E-state index in [9.17, 15) is 4.39 Å². The van der Waals surface area contributed by atoms with E-state index in [0.717, 1.165) is 15.9 Å². The zero-order valence-corrected chi connectivity index (χ0v) is 9.62. The number of hydrogen-bond donors (Lipinski definition) is 0. The van der Waals surface area contributed by atoms with Gasteiger partial charge >= 0.3 is 0 Å². The van der Waals surface area contributed by atoms with Crippen molar-refractivity contribution < 1.29 is 4.39 Å². The van der Waals surface area contributed by atoms with Gasteiger partial charge in [-0.25, -0.2) is 14.4 Å². The van der Waals surface area contributed by atoms with Crippen molar-refractivity contribution in [1.29, 1.82) is 0 Å². The van der Waals surface area contributed by atoms with Crippen LogP contribution in [-0.4, -0.2) is 9.97 Å². The van der Waals surface area contributed by atoms with Gasteiger partial charge in [0.15, 0.2) is 5.82 Å². The van der Waals surface area contributed by atoms with Crippen LogP contribution >= 0.6 is 15.9 Å². The van der Waals surface area contributed by atoms with Gasteiger partial charge in [0.05, 0.1) is 0 Å². The molecule has 76 valence electrons. The molecule has 4 heteroatoms. The molecule has 0 radical (unpaired) electrons. The van der Waals surface area contributed by atoms with E-state index in [1.165, 1.54) is 12.1 Å². The molecular formula is C11H8BrFN2. The van der Waals surface area contributed by atoms with Crippen LogP contribution in [0.1, 0.15) is 5.69 Å². The lowest BCUT2D eigenvalue weighted by Gasteiger charge is -2.02. The largest absolute Gasteiger partial charge is 0.233 e. The first-order valence-electron chi connectivity index (χ1n) is 4.42. The van der Waals surface area contributed by atoms with Gasteiger partial charge in [-0.1, -0.05) is 0 Å². The molecule has 2 rings (SSSR count). The molecule has 0 aliphatic rings. The maximum absolute atomic E-state index is 12.7. The summed E-state index contributed by atoms with van der Waals surface area (Å²) in [5.74, 6) is 0.340. The van der Waals surface area contributed by atoms with E-state index < -0.39 is 0 Å². The van der Waals surface area contributed by atoms with Crippen molar-refractivity contribution in [2.45, 2.75) is 6.92 Å². The second-order valence-electron chi connectivity index (χ2n) is 3.16. The maximum atomic E-state index is 12.7. The van der Waals surface area contributed by atoms with Gasteiger partial charge in [0.2, 0.25) is 0 Å². The highest BCUT2D eigenvalue weighted by Gasteiger charge is 2.03. The molecule has 0 aliphatic carbocycles. The SMILES string of the molecule is Cc1cc(Br)nc(-c2ccc(F)cc2)n1. The highest BCUT2D eigenvalue weighted by Crippen LogP contribution is 2.18. The monoisotopic (exact) mass is 266 g/mol. The number of aromatic nitrogens is 2. The Balaban J connectivity index is 2.49. The summed E-state index contributed by atoms with van der Waals surface area (Å²) < 4.78 is 13.4. The Hall–Kier alpha value is -1.29. The summed E-state index contributed by atoms with van der Waals surface area (Å²) in [5, 5.41) is 0. The molecule has 0 atom stereocenters. The van der Waals surface area contributed by atoms with Crippen molar-refractivity contribution in [1.82, 2.24) is 9.97 Å². The van der Waals surface area contributed by atoms with Gasteiger partial charge in [-0.2, -0.15) is 0 Å². The summed E-state index contributed by atoms with van der Waals surface area (Å²) in [5.41, 5.74) is 1.68. The van der Waals surface area contributed by atoms with E-state index >= 15 is 0 Å². The molecule has 1 aromatic carbocycles. The van der Waals surface area contributed by atoms with Crippen LogP contribution < -0.4 is 0 Å². The van der Waals surface area contributed by atoms with E-state index in [1.54, 1.807) is 12.1 Å². The van der Waals surface area contributed by atoms with Gasteiger partial charge in [0, 0.05) is 11.3 Å². The van der Waals surface area contributed by atoms with Gasteiger partial charge < -0.3 is 0 Å². The molecule has 2 nitrogen and oxygen atoms in total. The van der Waals surface area contributed by atoms with Gasteiger partial charge in [0.25, 0.3) is 0 Å². The fraction of sp³-hybridized carbons (Fsp3) is 0.0909. The predicted molar refractivity (Wildman–Crippen MR) is 59.9 cm³/mol. The highest BCUT2D eigenvalue weighted by atomic mass is 79.9. The number of hydrogen-bond acceptors (Lipinski definition) is 2. The van der Waals surface area contributed by atoms with Gasteiger partial charge in [-0.15, -0.1) is 0 Å². The van der Waals surface area contributed by atoms with Crippen LogP contribution in [-0.2, 0) is 0 Å². The molecule has 0 unspecified atom stereocenters. The van der Waals surface area contributed by atoms with Crippen molar-refractivity contribution in [2.75, 3.05) is 0 Å². The van der Waals surface area contributed by atoms with Crippen molar-refractivity contribution >= 4 is 15.9 Å². The Morgan fingerprint density at radius 1 is 1.13 bits per heavy atom. The number of aryl methyl sites for hydroxylation is 1. The molecule has 0 saturated carbocycles. The summed E-state index contributed by atoms with van der Waals surface area (Å²) in [6.07, 6.45) is 0. The molecule has 15 heavy (non-hydrogen) atoms. The average molecular weight is 267 g/mol. The summed E-state index contributed by atoms with van der Waals surface area (Å²) in [7, 11) is 0. The molecule has 1 aromatic heterocycles. The smallest absolute Gasteiger partial charge is 0.160 e. The van der Waals surface area contributed by atoms with Crippen molar-refractivity contribution in [2.24, 2.45) is 0 Å². The van der Waals surface area contributed by atoms with Crippen molar-refractivity contribution in [3.63, 3.8) is 0 Å². The molecule has 2 aromatic rings. The van der Waals surface area contributed by atoms with Crippen LogP contribution in [0.4, 0.5) is 4.39 Å². The van der Waals surface area contributed by atoms with E-state index in [1.807, 2.05) is 13.0 Å². The van der Waals surface area contributed by atoms with E-state index in [0.29, 0.717) is 5.82 Å². The first-order chi connectivity index (χ1) is 7.15. The topological polar surface area (TPSA) is 25.8 Å². The minimum Gasteiger partial charge on any atom is -0.233 e. The van der Waals surface area contributed by atoms with Gasteiger partial charge in [-0.05, 0) is 53.2 Å². The summed E-state index contributed by atoms with van der Waals surface area (Å²) in [6.45, 7) is 1.89. The van der Waals surface area contributed by atoms with Crippen LogP contribution in [0.25, 0.3) is 11.4 Å². The molecule has 0 aliphatic heterocycles. The third-order valence-electron chi connectivity index (χ3n) is 1.93. The first-order valence-corrected chi connectivity index (χ1v) is 5.21. The molecule has 1 heterocycles. The second-order valence-corrected chi connectivity index (χ2v) is 3.98. The fourth-order valence-corrected chi connectivity index (χ4v) is 1.76. The lowest BCUT2D eigenvalue weighted by atomic mass is 10.2. The van der Waals surface area contributed by atoms with Crippen LogP contribution in [0.15, 0.2) is 34.9 Å². The van der Waals surface area contributed by atoms with Crippen LogP contribution in [0, 0.1) is 12.7 Å². The Morgan fingerprint density at radius 3 is 2.40 bits per heavy atom. The summed E-state index contributed by atoms with van der Waals surface area (Å²) >= 11 is 3.30. The second kappa shape index (κ2) is 4.06. The Morgan fingerprint density at radius 2 is 1.80 bits per heavy atom. The van der Waals surface area contributed by atoms with Crippen LogP contribution in [0.2, 0.25) is 0 Å². The lowest BCUT2D eigenvalue weighted by Crippen LogP contribution is -1.92. The molecule has 0 spiro atoms. The van der Waals surface area contributed by atoms with Gasteiger partial charge in [0.1, 0.15) is 10.4 Å². The molecular weight excluding hydrogens is 259 g/mol. The van der Waals surface area contributed by atoms with E-state index in [2.05, 4.69) is 25.9 Å². The first kappa shape index (κ1) is 10.2. The third-order valence-corrected chi connectivity index (χ3v) is 2.33. The lowest BCUT2D eigenvalue weighted by molar-refractivity contribution is 0.628. The van der Waals surface area contributed by atoms with E-state index in [4.69, 9.17) is 0 Å². The normalized spacial score (nSPS) is 10.3. The minimum atomic E-state index is -0.259. The molecule has 0 N–H and O–H groups in total. The predicted octanol–water partition coefficient (Wildman–Crippen LogP) is 3.35. The van der Waals surface area contributed by atoms with E-state index in [-0.39, 0.29) is 5.82 Å². The average Bonchev–Trinajstić information content (AvgIpc) is 2.17. The zero-order chi connectivity index (χ0) is 10.8. The standard InChI is InChI=1S/C11H8BrFN2/c1-7-6-10(12)15-11(14-7)8-2-4-9(13)5-3-8/h2-6H,1H3. The summed E-state index contributed by atoms with van der Waals surface area (Å²) in [6, 6.07) is 7.95. The summed E-state index contributed by atoms with van der Waals surface area (Å²) in [4.78, 5) is 8.49. The quantitative estimate of drug-likeness (QED) is 0.740. The number of halogens is 2. The fourth-order valence-electron chi connectivity index (χ4n) is 1.26. The van der Waals surface area contributed by atoms with Crippen molar-refractivity contribution in [3.05, 3.63) is 46.4 Å². The third kappa shape index (κ3) is 2.39. The molecule has 0 bridgehead atoms. The zero-order valence-electron chi connectivity index (χ0n) is 8.04. The van der Waals surface area contributed by atoms with Gasteiger partial charge in [-0.3, -0.25) is 0 Å². The number of nitrogens with zero attached hydrogens (tertiary/aromatic N) is 2.